The number of ether oxygens (including phenoxy) is 2. The molecule has 0 bridgehead atoms. The van der Waals surface area contributed by atoms with Gasteiger partial charge in [-0.2, -0.15) is 0 Å². The van der Waals surface area contributed by atoms with Gasteiger partial charge in [-0.3, -0.25) is 4.90 Å². The van der Waals surface area contributed by atoms with Gasteiger partial charge in [-0.05, 0) is 36.8 Å². The van der Waals surface area contributed by atoms with E-state index in [0.29, 0.717) is 0 Å². The molecule has 2 N–H and O–H groups in total. The lowest BCUT2D eigenvalue weighted by Gasteiger charge is -2.41. The Hall–Kier alpha value is -0.420. The molecule has 1 fully saturated rings. The maximum Gasteiger partial charge on any atom is 0.0673 e. The topological polar surface area (TPSA) is 47.7 Å². The van der Waals surface area contributed by atoms with E-state index in [1.54, 1.807) is 7.11 Å². The molecule has 2 rings (SSSR count). The van der Waals surface area contributed by atoms with E-state index in [9.17, 15) is 0 Å². The fraction of sp³-hybridized carbons (Fsp3) is 0.857. The fourth-order valence-corrected chi connectivity index (χ4v) is 2.92. The van der Waals surface area contributed by atoms with Crippen LogP contribution < -0.4 is 5.73 Å². The normalized spacial score (nSPS) is 24.9. The molecule has 0 radical (unpaired) electrons. The molecule has 4 heteroatoms. The summed E-state index contributed by atoms with van der Waals surface area (Å²) in [5, 5.41) is 0. The van der Waals surface area contributed by atoms with Crippen LogP contribution in [0.5, 0.6) is 0 Å². The van der Waals surface area contributed by atoms with E-state index >= 15 is 0 Å². The van der Waals surface area contributed by atoms with Gasteiger partial charge >= 0.3 is 0 Å². The third kappa shape index (κ3) is 3.54. The van der Waals surface area contributed by atoms with Gasteiger partial charge in [-0.25, -0.2) is 0 Å². The number of hydrogen-bond acceptors (Lipinski definition) is 4. The number of methoxy groups -OCH3 is 1. The Morgan fingerprint density at radius 3 is 2.78 bits per heavy atom. The Morgan fingerprint density at radius 1 is 1.44 bits per heavy atom. The molecule has 0 saturated carbocycles. The highest BCUT2D eigenvalue weighted by atomic mass is 16.5. The molecule has 0 spiro atoms. The van der Waals surface area contributed by atoms with Crippen molar-refractivity contribution in [2.75, 3.05) is 53.1 Å². The average Bonchev–Trinajstić information content (AvgIpc) is 2.42. The summed E-state index contributed by atoms with van der Waals surface area (Å²) < 4.78 is 10.6. The molecule has 1 saturated heterocycles. The van der Waals surface area contributed by atoms with Gasteiger partial charge in [0.1, 0.15) is 0 Å². The second-order valence-electron chi connectivity index (χ2n) is 5.60. The number of nitrogens with zero attached hydrogens (tertiary/aromatic N) is 1. The lowest BCUT2D eigenvalue weighted by molar-refractivity contribution is 0.000907. The van der Waals surface area contributed by atoms with E-state index in [4.69, 9.17) is 15.2 Å². The Labute approximate surface area is 110 Å². The van der Waals surface area contributed by atoms with Gasteiger partial charge in [-0.1, -0.05) is 6.08 Å². The molecule has 0 aliphatic carbocycles. The Bertz CT molecular complexity index is 286. The van der Waals surface area contributed by atoms with Crippen LogP contribution in [0.4, 0.5) is 0 Å². The van der Waals surface area contributed by atoms with E-state index < -0.39 is 0 Å². The van der Waals surface area contributed by atoms with Crippen LogP contribution >= 0.6 is 0 Å². The van der Waals surface area contributed by atoms with Gasteiger partial charge in [0.05, 0.1) is 6.61 Å². The van der Waals surface area contributed by atoms with Crippen molar-refractivity contribution in [1.29, 1.82) is 0 Å². The van der Waals surface area contributed by atoms with Gasteiger partial charge in [0.2, 0.25) is 0 Å². The van der Waals surface area contributed by atoms with Crippen LogP contribution in [-0.2, 0) is 9.47 Å². The van der Waals surface area contributed by atoms with Crippen LogP contribution in [0, 0.1) is 5.41 Å². The average molecular weight is 254 g/mol. The second kappa shape index (κ2) is 6.66. The lowest BCUT2D eigenvalue weighted by Crippen LogP contribution is -2.47. The molecule has 2 aliphatic rings. The maximum atomic E-state index is 6.01. The van der Waals surface area contributed by atoms with Crippen molar-refractivity contribution in [3.63, 3.8) is 0 Å². The first-order valence-corrected chi connectivity index (χ1v) is 6.95. The predicted octanol–water partition coefficient (Wildman–Crippen LogP) is 1.02. The molecule has 104 valence electrons. The van der Waals surface area contributed by atoms with Crippen molar-refractivity contribution in [3.05, 3.63) is 11.6 Å². The molecule has 0 amide bonds. The zero-order chi connectivity index (χ0) is 12.8. The molecule has 0 atom stereocenters. The summed E-state index contributed by atoms with van der Waals surface area (Å²) in [5.41, 5.74) is 7.73. The summed E-state index contributed by atoms with van der Waals surface area (Å²) >= 11 is 0. The van der Waals surface area contributed by atoms with Gasteiger partial charge in [-0.15, -0.1) is 0 Å². The summed E-state index contributed by atoms with van der Waals surface area (Å²) in [7, 11) is 1.76. The SMILES string of the molecule is COCC1=CCN(CC2(CN)CCOCC2)CC1. The van der Waals surface area contributed by atoms with Crippen LogP contribution in [-0.4, -0.2) is 58.0 Å². The minimum absolute atomic E-state index is 0.283. The molecular weight excluding hydrogens is 228 g/mol. The van der Waals surface area contributed by atoms with E-state index in [0.717, 1.165) is 65.3 Å². The Balaban J connectivity index is 1.86. The summed E-state index contributed by atoms with van der Waals surface area (Å²) in [5.74, 6) is 0. The minimum atomic E-state index is 0.283. The molecule has 4 nitrogen and oxygen atoms in total. The van der Waals surface area contributed by atoms with Crippen molar-refractivity contribution in [2.24, 2.45) is 11.1 Å². The first-order chi connectivity index (χ1) is 8.78. The van der Waals surface area contributed by atoms with Gasteiger partial charge in [0.15, 0.2) is 0 Å². The first-order valence-electron chi connectivity index (χ1n) is 6.95. The van der Waals surface area contributed by atoms with E-state index in [-0.39, 0.29) is 5.41 Å². The maximum absolute atomic E-state index is 6.01. The number of nitrogens with two attached hydrogens (primary N) is 1. The van der Waals surface area contributed by atoms with Crippen molar-refractivity contribution in [1.82, 2.24) is 4.90 Å². The molecule has 0 aromatic heterocycles. The second-order valence-corrected chi connectivity index (χ2v) is 5.60. The van der Waals surface area contributed by atoms with E-state index in [2.05, 4.69) is 11.0 Å². The third-order valence-corrected chi connectivity index (χ3v) is 4.26. The zero-order valence-corrected chi connectivity index (χ0v) is 11.5. The largest absolute Gasteiger partial charge is 0.381 e. The van der Waals surface area contributed by atoms with Crippen LogP contribution in [0.1, 0.15) is 19.3 Å². The molecule has 2 heterocycles. The van der Waals surface area contributed by atoms with Crippen LogP contribution in [0.15, 0.2) is 11.6 Å². The summed E-state index contributed by atoms with van der Waals surface area (Å²) in [6, 6.07) is 0. The lowest BCUT2D eigenvalue weighted by atomic mass is 9.79. The van der Waals surface area contributed by atoms with Crippen molar-refractivity contribution in [3.8, 4) is 0 Å². The number of rotatable bonds is 5. The van der Waals surface area contributed by atoms with Crippen LogP contribution in [0.2, 0.25) is 0 Å². The Kier molecular flexibility index (Phi) is 5.18. The molecule has 0 unspecified atom stereocenters. The standard InChI is InChI=1S/C14H26N2O2/c1-17-10-13-2-6-16(7-3-13)12-14(11-15)4-8-18-9-5-14/h2H,3-12,15H2,1H3. The highest BCUT2D eigenvalue weighted by molar-refractivity contribution is 5.08. The fourth-order valence-electron chi connectivity index (χ4n) is 2.92. The minimum Gasteiger partial charge on any atom is -0.381 e. The van der Waals surface area contributed by atoms with E-state index in [1.165, 1.54) is 5.57 Å². The molecule has 0 aromatic rings. The molecule has 0 aromatic carbocycles. The molecule has 18 heavy (non-hydrogen) atoms. The van der Waals surface area contributed by atoms with Gasteiger partial charge in [0.25, 0.3) is 0 Å². The first kappa shape index (κ1) is 14.0. The summed E-state index contributed by atoms with van der Waals surface area (Å²) in [6.45, 7) is 6.60. The Morgan fingerprint density at radius 2 is 2.22 bits per heavy atom. The summed E-state index contributed by atoms with van der Waals surface area (Å²) in [6.07, 6.45) is 5.66. The van der Waals surface area contributed by atoms with Gasteiger partial charge < -0.3 is 15.2 Å². The smallest absolute Gasteiger partial charge is 0.0673 e. The van der Waals surface area contributed by atoms with E-state index in [1.807, 2.05) is 0 Å². The summed E-state index contributed by atoms with van der Waals surface area (Å²) in [4.78, 5) is 2.53. The highest BCUT2D eigenvalue weighted by Gasteiger charge is 2.33. The van der Waals surface area contributed by atoms with Crippen molar-refractivity contribution in [2.45, 2.75) is 19.3 Å². The zero-order valence-electron chi connectivity index (χ0n) is 11.5. The van der Waals surface area contributed by atoms with Crippen LogP contribution in [0.25, 0.3) is 0 Å². The van der Waals surface area contributed by atoms with Crippen molar-refractivity contribution < 1.29 is 9.47 Å². The van der Waals surface area contributed by atoms with Crippen molar-refractivity contribution >= 4 is 0 Å². The quantitative estimate of drug-likeness (QED) is 0.744. The van der Waals surface area contributed by atoms with Crippen LogP contribution in [0.3, 0.4) is 0 Å². The number of hydrogen-bond donors (Lipinski definition) is 1. The molecular formula is C14H26N2O2. The monoisotopic (exact) mass is 254 g/mol. The van der Waals surface area contributed by atoms with Gasteiger partial charge in [0, 0.05) is 40.0 Å². The molecule has 2 aliphatic heterocycles. The highest BCUT2D eigenvalue weighted by Crippen LogP contribution is 2.31. The predicted molar refractivity (Wildman–Crippen MR) is 72.6 cm³/mol. The third-order valence-electron chi connectivity index (χ3n) is 4.26.